The second-order valence-corrected chi connectivity index (χ2v) is 7.23. The molecule has 1 aliphatic heterocycles. The van der Waals surface area contributed by atoms with Crippen molar-refractivity contribution < 1.29 is 18.8 Å². The fourth-order valence-electron chi connectivity index (χ4n) is 3.46. The monoisotopic (exact) mass is 430 g/mol. The zero-order chi connectivity index (χ0) is 22.3. The van der Waals surface area contributed by atoms with Crippen LogP contribution in [-0.2, 0) is 16.0 Å². The van der Waals surface area contributed by atoms with Crippen molar-refractivity contribution in [3.05, 3.63) is 84.1 Å². The van der Waals surface area contributed by atoms with E-state index in [9.17, 15) is 14.4 Å². The Hall–Kier alpha value is -4.20. The molecule has 0 radical (unpaired) electrons. The van der Waals surface area contributed by atoms with Crippen LogP contribution in [0.5, 0.6) is 0 Å². The SMILES string of the molecule is O=C(/C=C/c1ccco1)NCCC(=O)Nc1ccc2c(c1)CCN2C(=O)c1cccnc1. The summed E-state index contributed by atoms with van der Waals surface area (Å²) >= 11 is 0. The van der Waals surface area contributed by atoms with E-state index in [2.05, 4.69) is 15.6 Å². The fraction of sp³-hybridized carbons (Fsp3) is 0.167. The predicted molar refractivity (Wildman–Crippen MR) is 120 cm³/mol. The molecule has 32 heavy (non-hydrogen) atoms. The van der Waals surface area contributed by atoms with E-state index in [-0.39, 0.29) is 30.7 Å². The van der Waals surface area contributed by atoms with Gasteiger partial charge < -0.3 is 20.0 Å². The van der Waals surface area contributed by atoms with Crippen LogP contribution in [-0.4, -0.2) is 35.8 Å². The number of nitrogens with one attached hydrogen (secondary N) is 2. The van der Waals surface area contributed by atoms with Crippen LogP contribution in [0.1, 0.15) is 28.1 Å². The van der Waals surface area contributed by atoms with Crippen LogP contribution in [0.2, 0.25) is 0 Å². The molecule has 2 N–H and O–H groups in total. The number of anilines is 2. The minimum atomic E-state index is -0.301. The molecule has 3 amide bonds. The number of pyridine rings is 1. The van der Waals surface area contributed by atoms with Gasteiger partial charge in [-0.05, 0) is 60.5 Å². The van der Waals surface area contributed by atoms with Crippen molar-refractivity contribution in [2.45, 2.75) is 12.8 Å². The van der Waals surface area contributed by atoms with Crippen LogP contribution in [0.15, 0.2) is 71.6 Å². The number of nitrogens with zero attached hydrogens (tertiary/aromatic N) is 2. The van der Waals surface area contributed by atoms with Crippen LogP contribution in [0.3, 0.4) is 0 Å². The normalized spacial score (nSPS) is 12.6. The van der Waals surface area contributed by atoms with E-state index < -0.39 is 0 Å². The highest BCUT2D eigenvalue weighted by molar-refractivity contribution is 6.07. The lowest BCUT2D eigenvalue weighted by molar-refractivity contribution is -0.117. The maximum absolute atomic E-state index is 12.7. The van der Waals surface area contributed by atoms with Gasteiger partial charge in [-0.2, -0.15) is 0 Å². The molecule has 1 aromatic carbocycles. The van der Waals surface area contributed by atoms with Gasteiger partial charge in [0.15, 0.2) is 0 Å². The summed E-state index contributed by atoms with van der Waals surface area (Å²) in [4.78, 5) is 42.5. The Labute approximate surface area is 184 Å². The van der Waals surface area contributed by atoms with Gasteiger partial charge in [0, 0.05) is 49.4 Å². The molecule has 0 fully saturated rings. The zero-order valence-electron chi connectivity index (χ0n) is 17.3. The van der Waals surface area contributed by atoms with E-state index >= 15 is 0 Å². The molecule has 2 aromatic heterocycles. The lowest BCUT2D eigenvalue weighted by Crippen LogP contribution is -2.28. The maximum Gasteiger partial charge on any atom is 0.259 e. The Morgan fingerprint density at radius 2 is 2.06 bits per heavy atom. The van der Waals surface area contributed by atoms with Gasteiger partial charge in [-0.1, -0.05) is 0 Å². The first-order valence-electron chi connectivity index (χ1n) is 10.2. The highest BCUT2D eigenvalue weighted by atomic mass is 16.3. The summed E-state index contributed by atoms with van der Waals surface area (Å²) in [6.07, 6.45) is 8.48. The molecule has 0 bridgehead atoms. The average Bonchev–Trinajstić information content (AvgIpc) is 3.47. The molecule has 3 heterocycles. The molecule has 8 heteroatoms. The molecule has 0 spiro atoms. The first kappa shape index (κ1) is 21.0. The minimum absolute atomic E-state index is 0.0922. The Morgan fingerprint density at radius 3 is 2.84 bits per heavy atom. The lowest BCUT2D eigenvalue weighted by Gasteiger charge is -2.17. The molecule has 0 aliphatic carbocycles. The molecule has 162 valence electrons. The number of carbonyl (C=O) groups is 3. The van der Waals surface area contributed by atoms with E-state index in [0.29, 0.717) is 30.0 Å². The number of carbonyl (C=O) groups excluding carboxylic acids is 3. The minimum Gasteiger partial charge on any atom is -0.465 e. The van der Waals surface area contributed by atoms with Crippen LogP contribution < -0.4 is 15.5 Å². The average molecular weight is 430 g/mol. The van der Waals surface area contributed by atoms with Gasteiger partial charge >= 0.3 is 0 Å². The Morgan fingerprint density at radius 1 is 1.16 bits per heavy atom. The largest absolute Gasteiger partial charge is 0.465 e. The van der Waals surface area contributed by atoms with E-state index in [1.807, 2.05) is 12.1 Å². The molecular formula is C24H22N4O4. The standard InChI is InChI=1S/C24H22N4O4/c29-22(8-6-20-4-2-14-32-20)26-12-9-23(30)27-19-5-7-21-17(15-19)10-13-28(21)24(31)18-3-1-11-25-16-18/h1-8,11,14-16H,9-10,12-13H2,(H,26,29)(H,27,30)/b8-6+. The van der Waals surface area contributed by atoms with Crippen LogP contribution >= 0.6 is 0 Å². The number of hydrogen-bond donors (Lipinski definition) is 2. The molecule has 0 unspecified atom stereocenters. The van der Waals surface area contributed by atoms with Gasteiger partial charge in [0.25, 0.3) is 5.91 Å². The molecule has 0 atom stereocenters. The quantitative estimate of drug-likeness (QED) is 0.561. The van der Waals surface area contributed by atoms with Gasteiger partial charge in [-0.3, -0.25) is 19.4 Å². The van der Waals surface area contributed by atoms with Crippen molar-refractivity contribution in [2.75, 3.05) is 23.3 Å². The van der Waals surface area contributed by atoms with Crippen molar-refractivity contribution in [3.8, 4) is 0 Å². The molecule has 4 rings (SSSR count). The smallest absolute Gasteiger partial charge is 0.259 e. The molecular weight excluding hydrogens is 408 g/mol. The second-order valence-electron chi connectivity index (χ2n) is 7.23. The Bertz CT molecular complexity index is 1140. The highest BCUT2D eigenvalue weighted by Crippen LogP contribution is 2.31. The predicted octanol–water partition coefficient (Wildman–Crippen LogP) is 3.04. The van der Waals surface area contributed by atoms with Gasteiger partial charge in [0.05, 0.1) is 11.8 Å². The summed E-state index contributed by atoms with van der Waals surface area (Å²) < 4.78 is 5.11. The maximum atomic E-state index is 12.7. The fourth-order valence-corrected chi connectivity index (χ4v) is 3.46. The van der Waals surface area contributed by atoms with Crippen LogP contribution in [0.4, 0.5) is 11.4 Å². The number of fused-ring (bicyclic) bond motifs is 1. The third kappa shape index (κ3) is 5.10. The lowest BCUT2D eigenvalue weighted by atomic mass is 10.1. The van der Waals surface area contributed by atoms with Gasteiger partial charge in [0.2, 0.25) is 11.8 Å². The number of benzene rings is 1. The summed E-state index contributed by atoms with van der Waals surface area (Å²) in [5.74, 6) is -0.0210. The molecule has 8 nitrogen and oxygen atoms in total. The molecule has 0 saturated heterocycles. The number of hydrogen-bond acceptors (Lipinski definition) is 5. The summed E-state index contributed by atoms with van der Waals surface area (Å²) in [5.41, 5.74) is 3.04. The zero-order valence-corrected chi connectivity index (χ0v) is 17.3. The summed E-state index contributed by atoms with van der Waals surface area (Å²) in [6.45, 7) is 0.795. The Balaban J connectivity index is 1.28. The number of rotatable bonds is 7. The first-order valence-corrected chi connectivity index (χ1v) is 10.2. The molecule has 0 saturated carbocycles. The topological polar surface area (TPSA) is 105 Å². The van der Waals surface area contributed by atoms with E-state index in [1.54, 1.807) is 53.7 Å². The van der Waals surface area contributed by atoms with E-state index in [1.165, 1.54) is 12.3 Å². The van der Waals surface area contributed by atoms with Gasteiger partial charge in [0.1, 0.15) is 5.76 Å². The van der Waals surface area contributed by atoms with Crippen molar-refractivity contribution >= 4 is 35.2 Å². The first-order chi connectivity index (χ1) is 15.6. The van der Waals surface area contributed by atoms with Crippen LogP contribution in [0, 0.1) is 0 Å². The number of furan rings is 1. The molecule has 3 aromatic rings. The highest BCUT2D eigenvalue weighted by Gasteiger charge is 2.26. The van der Waals surface area contributed by atoms with Crippen LogP contribution in [0.25, 0.3) is 6.08 Å². The number of aromatic nitrogens is 1. The summed E-state index contributed by atoms with van der Waals surface area (Å²) in [6, 6.07) is 12.4. The van der Waals surface area contributed by atoms with Crippen molar-refractivity contribution in [1.82, 2.24) is 10.3 Å². The summed E-state index contributed by atoms with van der Waals surface area (Å²) in [7, 11) is 0. The molecule has 1 aliphatic rings. The van der Waals surface area contributed by atoms with Gasteiger partial charge in [-0.15, -0.1) is 0 Å². The van der Waals surface area contributed by atoms with Crippen molar-refractivity contribution in [3.63, 3.8) is 0 Å². The second kappa shape index (κ2) is 9.74. The van der Waals surface area contributed by atoms with Crippen molar-refractivity contribution in [2.24, 2.45) is 0 Å². The van der Waals surface area contributed by atoms with E-state index in [0.717, 1.165) is 11.3 Å². The van der Waals surface area contributed by atoms with Crippen molar-refractivity contribution in [1.29, 1.82) is 0 Å². The third-order valence-corrected chi connectivity index (χ3v) is 5.01. The third-order valence-electron chi connectivity index (χ3n) is 5.01. The Kier molecular flexibility index (Phi) is 6.41. The summed E-state index contributed by atoms with van der Waals surface area (Å²) in [5, 5.41) is 5.50. The number of amides is 3. The van der Waals surface area contributed by atoms with E-state index in [4.69, 9.17) is 4.42 Å². The van der Waals surface area contributed by atoms with Gasteiger partial charge in [-0.25, -0.2) is 0 Å².